The second-order valence-corrected chi connectivity index (χ2v) is 4.06. The number of aryl methyl sites for hydroxylation is 2. The molecule has 0 saturated carbocycles. The summed E-state index contributed by atoms with van der Waals surface area (Å²) in [6.45, 7) is 7.42. The third-order valence-corrected chi connectivity index (χ3v) is 2.62. The highest BCUT2D eigenvalue weighted by molar-refractivity contribution is 6.13. The average molecular weight is 218 g/mol. The molecule has 1 unspecified atom stereocenters. The molecule has 16 heavy (non-hydrogen) atoms. The number of hydrogen-bond acceptors (Lipinski definition) is 4. The molecule has 0 saturated heterocycles. The van der Waals surface area contributed by atoms with Crippen LogP contribution in [0.1, 0.15) is 25.2 Å². The summed E-state index contributed by atoms with van der Waals surface area (Å²) in [5.74, 6) is 0.123. The van der Waals surface area contributed by atoms with Crippen molar-refractivity contribution in [3.63, 3.8) is 0 Å². The second-order valence-electron chi connectivity index (χ2n) is 4.06. The topological polar surface area (TPSA) is 58.5 Å². The summed E-state index contributed by atoms with van der Waals surface area (Å²) in [7, 11) is 0. The van der Waals surface area contributed by atoms with Crippen molar-refractivity contribution < 1.29 is 4.79 Å². The lowest BCUT2D eigenvalue weighted by Crippen LogP contribution is -2.27. The molecule has 5 heteroatoms. The summed E-state index contributed by atoms with van der Waals surface area (Å²) < 4.78 is 0. The minimum atomic E-state index is -0.176. The molecule has 0 aromatic carbocycles. The lowest BCUT2D eigenvalue weighted by atomic mass is 10.1. The first-order valence-corrected chi connectivity index (χ1v) is 5.20. The molecule has 1 amide bonds. The van der Waals surface area contributed by atoms with Gasteiger partial charge in [0, 0.05) is 17.1 Å². The Hall–Kier alpha value is -1.78. The Balaban J connectivity index is 2.42. The summed E-state index contributed by atoms with van der Waals surface area (Å²) in [5, 5.41) is 5.47. The maximum absolute atomic E-state index is 11.9. The van der Waals surface area contributed by atoms with E-state index < -0.39 is 0 Å². The van der Waals surface area contributed by atoms with Gasteiger partial charge in [0.25, 0.3) is 11.9 Å². The largest absolute Gasteiger partial charge is 0.272 e. The van der Waals surface area contributed by atoms with E-state index >= 15 is 0 Å². The van der Waals surface area contributed by atoms with E-state index in [1.165, 1.54) is 5.01 Å². The van der Waals surface area contributed by atoms with Crippen LogP contribution in [0.5, 0.6) is 0 Å². The van der Waals surface area contributed by atoms with E-state index in [0.717, 1.165) is 17.1 Å². The van der Waals surface area contributed by atoms with Crippen LogP contribution in [0.3, 0.4) is 0 Å². The highest BCUT2D eigenvalue weighted by atomic mass is 16.2. The smallest absolute Gasteiger partial charge is 0.258 e. The molecule has 0 fully saturated rings. The predicted molar refractivity (Wildman–Crippen MR) is 61.3 cm³/mol. The number of anilines is 1. The molecule has 1 aromatic rings. The van der Waals surface area contributed by atoms with Gasteiger partial charge in [-0.2, -0.15) is 10.1 Å². The summed E-state index contributed by atoms with van der Waals surface area (Å²) >= 11 is 0. The first kappa shape index (κ1) is 10.7. The quantitative estimate of drug-likeness (QED) is 0.716. The molecule has 1 aliphatic rings. The van der Waals surface area contributed by atoms with Crippen LogP contribution < -0.4 is 5.01 Å². The van der Waals surface area contributed by atoms with Crippen LogP contribution in [0.15, 0.2) is 11.2 Å². The van der Waals surface area contributed by atoms with Crippen molar-refractivity contribution in [2.24, 2.45) is 11.0 Å². The zero-order valence-corrected chi connectivity index (χ0v) is 9.85. The van der Waals surface area contributed by atoms with E-state index in [2.05, 4.69) is 15.1 Å². The summed E-state index contributed by atoms with van der Waals surface area (Å²) in [5.41, 5.74) is 2.47. The molecule has 5 nitrogen and oxygen atoms in total. The van der Waals surface area contributed by atoms with Crippen molar-refractivity contribution in [3.05, 3.63) is 17.5 Å². The van der Waals surface area contributed by atoms with Gasteiger partial charge in [0.1, 0.15) is 0 Å². The Bertz CT molecular complexity index is 461. The Morgan fingerprint density at radius 2 is 1.75 bits per heavy atom. The Kier molecular flexibility index (Phi) is 2.46. The molecule has 0 N–H and O–H groups in total. The third kappa shape index (κ3) is 1.68. The lowest BCUT2D eigenvalue weighted by Gasteiger charge is -2.11. The van der Waals surface area contributed by atoms with Crippen LogP contribution >= 0.6 is 0 Å². The predicted octanol–water partition coefficient (Wildman–Crippen LogP) is 1.45. The molecule has 2 rings (SSSR count). The van der Waals surface area contributed by atoms with E-state index in [-0.39, 0.29) is 11.8 Å². The van der Waals surface area contributed by atoms with Crippen molar-refractivity contribution in [3.8, 4) is 0 Å². The highest BCUT2D eigenvalue weighted by Crippen LogP contribution is 2.20. The fourth-order valence-corrected chi connectivity index (χ4v) is 1.60. The molecule has 0 radical (unpaired) electrons. The van der Waals surface area contributed by atoms with Crippen LogP contribution in [0.25, 0.3) is 0 Å². The Morgan fingerprint density at radius 1 is 1.19 bits per heavy atom. The standard InChI is InChI=1S/C11H14N4O/c1-6-5-7(2)13-11(12-6)15-10(16)8(3)9(4)14-15/h5,8H,1-4H3. The molecule has 1 aromatic heterocycles. The molecular weight excluding hydrogens is 204 g/mol. The number of aromatic nitrogens is 2. The number of carbonyl (C=O) groups excluding carboxylic acids is 1. The number of nitrogens with zero attached hydrogens (tertiary/aromatic N) is 4. The first-order valence-electron chi connectivity index (χ1n) is 5.20. The van der Waals surface area contributed by atoms with Crippen LogP contribution in [0.4, 0.5) is 5.95 Å². The van der Waals surface area contributed by atoms with Gasteiger partial charge in [-0.1, -0.05) is 0 Å². The highest BCUT2D eigenvalue weighted by Gasteiger charge is 2.32. The summed E-state index contributed by atoms with van der Waals surface area (Å²) in [4.78, 5) is 20.3. The molecule has 2 heterocycles. The number of hydrazone groups is 1. The van der Waals surface area contributed by atoms with Gasteiger partial charge in [0.05, 0.1) is 5.92 Å². The van der Waals surface area contributed by atoms with Crippen molar-refractivity contribution in [1.29, 1.82) is 0 Å². The maximum atomic E-state index is 11.9. The minimum Gasteiger partial charge on any atom is -0.272 e. The van der Waals surface area contributed by atoms with Crippen LogP contribution in [0.2, 0.25) is 0 Å². The number of amides is 1. The average Bonchev–Trinajstić information content (AvgIpc) is 2.44. The monoisotopic (exact) mass is 218 g/mol. The normalized spacial score (nSPS) is 20.2. The van der Waals surface area contributed by atoms with Crippen LogP contribution in [-0.2, 0) is 4.79 Å². The van der Waals surface area contributed by atoms with Crippen molar-refractivity contribution >= 4 is 17.6 Å². The van der Waals surface area contributed by atoms with Crippen molar-refractivity contribution in [2.45, 2.75) is 27.7 Å². The molecule has 0 aliphatic carbocycles. The fraction of sp³-hybridized carbons (Fsp3) is 0.455. The van der Waals surface area contributed by atoms with Gasteiger partial charge in [0.2, 0.25) is 0 Å². The Morgan fingerprint density at radius 3 is 2.19 bits per heavy atom. The minimum absolute atomic E-state index is 0.0671. The zero-order valence-electron chi connectivity index (χ0n) is 9.85. The lowest BCUT2D eigenvalue weighted by molar-refractivity contribution is -0.119. The fourth-order valence-electron chi connectivity index (χ4n) is 1.60. The van der Waals surface area contributed by atoms with Gasteiger partial charge in [-0.15, -0.1) is 0 Å². The molecule has 0 bridgehead atoms. The molecular formula is C11H14N4O. The van der Waals surface area contributed by atoms with E-state index in [9.17, 15) is 4.79 Å². The van der Waals surface area contributed by atoms with Gasteiger partial charge in [0.15, 0.2) is 0 Å². The molecule has 1 aliphatic heterocycles. The van der Waals surface area contributed by atoms with E-state index in [4.69, 9.17) is 0 Å². The SMILES string of the molecule is CC1=NN(c2nc(C)cc(C)n2)C(=O)C1C. The van der Waals surface area contributed by atoms with Gasteiger partial charge >= 0.3 is 0 Å². The summed E-state index contributed by atoms with van der Waals surface area (Å²) in [6.07, 6.45) is 0. The Labute approximate surface area is 94.2 Å². The maximum Gasteiger partial charge on any atom is 0.258 e. The molecule has 1 atom stereocenters. The molecule has 84 valence electrons. The van der Waals surface area contributed by atoms with E-state index in [1.807, 2.05) is 33.8 Å². The molecule has 0 spiro atoms. The first-order chi connectivity index (χ1) is 7.49. The van der Waals surface area contributed by atoms with Crippen LogP contribution in [-0.4, -0.2) is 21.6 Å². The van der Waals surface area contributed by atoms with Crippen molar-refractivity contribution in [2.75, 3.05) is 5.01 Å². The van der Waals surface area contributed by atoms with Gasteiger partial charge < -0.3 is 0 Å². The van der Waals surface area contributed by atoms with E-state index in [1.54, 1.807) is 0 Å². The van der Waals surface area contributed by atoms with Gasteiger partial charge in [-0.05, 0) is 33.8 Å². The van der Waals surface area contributed by atoms with Gasteiger partial charge in [-0.3, -0.25) is 4.79 Å². The van der Waals surface area contributed by atoms with Crippen LogP contribution in [0, 0.1) is 19.8 Å². The van der Waals surface area contributed by atoms with Gasteiger partial charge in [-0.25, -0.2) is 9.97 Å². The second kappa shape index (κ2) is 3.66. The van der Waals surface area contributed by atoms with E-state index in [0.29, 0.717) is 5.95 Å². The van der Waals surface area contributed by atoms with Crippen molar-refractivity contribution in [1.82, 2.24) is 9.97 Å². The number of rotatable bonds is 1. The number of hydrogen-bond donors (Lipinski definition) is 0. The summed E-state index contributed by atoms with van der Waals surface area (Å²) in [6, 6.07) is 1.87. The zero-order chi connectivity index (χ0) is 11.9. The number of carbonyl (C=O) groups is 1. The third-order valence-electron chi connectivity index (χ3n) is 2.62.